The van der Waals surface area contributed by atoms with E-state index in [0.29, 0.717) is 12.2 Å². The minimum absolute atomic E-state index is 0.279. The summed E-state index contributed by atoms with van der Waals surface area (Å²) in [6.45, 7) is 3.70. The first kappa shape index (κ1) is 13.1. The fraction of sp³-hybridized carbons (Fsp3) is 0.417. The van der Waals surface area contributed by atoms with Crippen molar-refractivity contribution in [3.05, 3.63) is 29.8 Å². The van der Waals surface area contributed by atoms with E-state index in [-0.39, 0.29) is 5.56 Å². The molecule has 1 rings (SSSR count). The largest absolute Gasteiger partial charge is 0.478 e. The van der Waals surface area contributed by atoms with Gasteiger partial charge in [0, 0.05) is 10.6 Å². The predicted molar refractivity (Wildman–Crippen MR) is 65.0 cm³/mol. The number of aromatic carboxylic acids is 1. The summed E-state index contributed by atoms with van der Waals surface area (Å²) in [6.07, 6.45) is 0.679. The summed E-state index contributed by atoms with van der Waals surface area (Å²) in [5, 5.41) is 18.7. The molecule has 1 aromatic rings. The third-order valence-corrected chi connectivity index (χ3v) is 3.75. The van der Waals surface area contributed by atoms with Crippen LogP contribution in [0.3, 0.4) is 0 Å². The van der Waals surface area contributed by atoms with Gasteiger partial charge in [0.05, 0.1) is 11.2 Å². The maximum atomic E-state index is 10.8. The van der Waals surface area contributed by atoms with E-state index in [0.717, 1.165) is 4.90 Å². The lowest BCUT2D eigenvalue weighted by Gasteiger charge is -2.20. The maximum absolute atomic E-state index is 10.8. The fourth-order valence-corrected chi connectivity index (χ4v) is 2.13. The normalized spacial score (nSPS) is 14.4. The zero-order chi connectivity index (χ0) is 12.2. The SMILES string of the molecule is CCC(C)(O)CSc1cccc(C(=O)O)c1. The molecule has 88 valence electrons. The Labute approximate surface area is 99.5 Å². The molecule has 16 heavy (non-hydrogen) atoms. The van der Waals surface area contributed by atoms with Crippen molar-refractivity contribution in [2.75, 3.05) is 5.75 Å². The van der Waals surface area contributed by atoms with Crippen LogP contribution in [0.2, 0.25) is 0 Å². The minimum Gasteiger partial charge on any atom is -0.478 e. The number of benzene rings is 1. The van der Waals surface area contributed by atoms with Crippen LogP contribution in [-0.2, 0) is 0 Å². The molecule has 0 amide bonds. The van der Waals surface area contributed by atoms with Crippen LogP contribution in [-0.4, -0.2) is 27.5 Å². The highest BCUT2D eigenvalue weighted by Gasteiger charge is 2.17. The van der Waals surface area contributed by atoms with Gasteiger partial charge in [-0.05, 0) is 31.5 Å². The molecule has 2 N–H and O–H groups in total. The molecule has 1 aromatic carbocycles. The van der Waals surface area contributed by atoms with E-state index in [1.54, 1.807) is 25.1 Å². The number of carboxylic acids is 1. The van der Waals surface area contributed by atoms with Crippen molar-refractivity contribution in [2.45, 2.75) is 30.8 Å². The number of carbonyl (C=O) groups is 1. The summed E-state index contributed by atoms with van der Waals surface area (Å²) in [7, 11) is 0. The minimum atomic E-state index is -0.926. The van der Waals surface area contributed by atoms with Gasteiger partial charge >= 0.3 is 5.97 Å². The Morgan fingerprint density at radius 3 is 2.75 bits per heavy atom. The van der Waals surface area contributed by atoms with Gasteiger partial charge in [-0.15, -0.1) is 11.8 Å². The van der Waals surface area contributed by atoms with E-state index >= 15 is 0 Å². The molecule has 0 bridgehead atoms. The topological polar surface area (TPSA) is 57.5 Å². The fourth-order valence-electron chi connectivity index (χ4n) is 1.06. The highest BCUT2D eigenvalue weighted by Crippen LogP contribution is 2.24. The summed E-state index contributed by atoms with van der Waals surface area (Å²) in [6, 6.07) is 6.75. The van der Waals surface area contributed by atoms with Crippen molar-refractivity contribution < 1.29 is 15.0 Å². The molecule has 0 heterocycles. The lowest BCUT2D eigenvalue weighted by Crippen LogP contribution is -2.25. The molecule has 4 heteroatoms. The van der Waals surface area contributed by atoms with Crippen LogP contribution in [0.4, 0.5) is 0 Å². The molecule has 0 aliphatic rings. The number of hydrogen-bond donors (Lipinski definition) is 2. The van der Waals surface area contributed by atoms with Gasteiger partial charge in [0.15, 0.2) is 0 Å². The predicted octanol–water partition coefficient (Wildman–Crippen LogP) is 2.64. The molecule has 0 saturated carbocycles. The second kappa shape index (κ2) is 5.37. The molecular formula is C12H16O3S. The first-order valence-electron chi connectivity index (χ1n) is 5.13. The molecule has 0 saturated heterocycles. The number of hydrogen-bond acceptors (Lipinski definition) is 3. The van der Waals surface area contributed by atoms with Crippen molar-refractivity contribution in [2.24, 2.45) is 0 Å². The van der Waals surface area contributed by atoms with Crippen molar-refractivity contribution >= 4 is 17.7 Å². The van der Waals surface area contributed by atoms with Crippen molar-refractivity contribution in [1.29, 1.82) is 0 Å². The van der Waals surface area contributed by atoms with Gasteiger partial charge in [-0.3, -0.25) is 0 Å². The standard InChI is InChI=1S/C12H16O3S/c1-3-12(2,15)8-16-10-6-4-5-9(7-10)11(13)14/h4-7,15H,3,8H2,1-2H3,(H,13,14). The van der Waals surface area contributed by atoms with Gasteiger partial charge in [-0.2, -0.15) is 0 Å². The van der Waals surface area contributed by atoms with Crippen LogP contribution in [0.15, 0.2) is 29.2 Å². The molecule has 0 fully saturated rings. The molecule has 1 atom stereocenters. The van der Waals surface area contributed by atoms with E-state index in [4.69, 9.17) is 5.11 Å². The average Bonchev–Trinajstić information content (AvgIpc) is 2.27. The average molecular weight is 240 g/mol. The smallest absolute Gasteiger partial charge is 0.335 e. The molecule has 0 aliphatic carbocycles. The summed E-state index contributed by atoms with van der Waals surface area (Å²) < 4.78 is 0. The third-order valence-electron chi connectivity index (χ3n) is 2.39. The monoisotopic (exact) mass is 240 g/mol. The summed E-state index contributed by atoms with van der Waals surface area (Å²) in [5.74, 6) is -0.364. The Morgan fingerprint density at radius 1 is 1.50 bits per heavy atom. The van der Waals surface area contributed by atoms with Gasteiger partial charge in [-0.1, -0.05) is 13.0 Å². The van der Waals surface area contributed by atoms with E-state index in [1.807, 2.05) is 13.0 Å². The Kier molecular flexibility index (Phi) is 4.38. The van der Waals surface area contributed by atoms with Crippen molar-refractivity contribution in [1.82, 2.24) is 0 Å². The maximum Gasteiger partial charge on any atom is 0.335 e. The highest BCUT2D eigenvalue weighted by atomic mass is 32.2. The van der Waals surface area contributed by atoms with Crippen LogP contribution in [0.5, 0.6) is 0 Å². The lowest BCUT2D eigenvalue weighted by molar-refractivity contribution is 0.0696. The van der Waals surface area contributed by atoms with Crippen molar-refractivity contribution in [3.8, 4) is 0 Å². The van der Waals surface area contributed by atoms with E-state index in [9.17, 15) is 9.90 Å². The molecule has 3 nitrogen and oxygen atoms in total. The summed E-state index contributed by atoms with van der Waals surface area (Å²) in [4.78, 5) is 11.6. The molecule has 0 radical (unpaired) electrons. The van der Waals surface area contributed by atoms with Crippen molar-refractivity contribution in [3.63, 3.8) is 0 Å². The Hall–Kier alpha value is -1.00. The van der Waals surface area contributed by atoms with Crippen LogP contribution in [0, 0.1) is 0 Å². The van der Waals surface area contributed by atoms with E-state index < -0.39 is 11.6 Å². The Balaban J connectivity index is 2.68. The first-order valence-corrected chi connectivity index (χ1v) is 6.12. The second-order valence-corrected chi connectivity index (χ2v) is 5.02. The highest BCUT2D eigenvalue weighted by molar-refractivity contribution is 7.99. The molecular weight excluding hydrogens is 224 g/mol. The van der Waals surface area contributed by atoms with Crippen LogP contribution >= 0.6 is 11.8 Å². The number of thioether (sulfide) groups is 1. The van der Waals surface area contributed by atoms with Crippen LogP contribution < -0.4 is 0 Å². The van der Waals surface area contributed by atoms with Gasteiger partial charge < -0.3 is 10.2 Å². The zero-order valence-electron chi connectivity index (χ0n) is 9.43. The Bertz CT molecular complexity index is 374. The van der Waals surface area contributed by atoms with Crippen LogP contribution in [0.25, 0.3) is 0 Å². The zero-order valence-corrected chi connectivity index (χ0v) is 10.3. The molecule has 0 aromatic heterocycles. The van der Waals surface area contributed by atoms with E-state index in [1.165, 1.54) is 11.8 Å². The van der Waals surface area contributed by atoms with Gasteiger partial charge in [0.1, 0.15) is 0 Å². The quantitative estimate of drug-likeness (QED) is 0.777. The summed E-state index contributed by atoms with van der Waals surface area (Å²) in [5.41, 5.74) is -0.426. The molecule has 1 unspecified atom stereocenters. The molecule has 0 aliphatic heterocycles. The van der Waals surface area contributed by atoms with Gasteiger partial charge in [0.2, 0.25) is 0 Å². The van der Waals surface area contributed by atoms with Gasteiger partial charge in [0.25, 0.3) is 0 Å². The van der Waals surface area contributed by atoms with Gasteiger partial charge in [-0.25, -0.2) is 4.79 Å². The van der Waals surface area contributed by atoms with E-state index in [2.05, 4.69) is 0 Å². The lowest BCUT2D eigenvalue weighted by atomic mass is 10.1. The molecule has 0 spiro atoms. The first-order chi connectivity index (χ1) is 7.44. The third kappa shape index (κ3) is 3.87. The number of rotatable bonds is 5. The Morgan fingerprint density at radius 2 is 2.19 bits per heavy atom. The van der Waals surface area contributed by atoms with Crippen LogP contribution in [0.1, 0.15) is 30.6 Å². The number of aliphatic hydroxyl groups is 1. The second-order valence-electron chi connectivity index (χ2n) is 3.97. The summed E-state index contributed by atoms with van der Waals surface area (Å²) >= 11 is 1.47. The number of carboxylic acid groups (broad SMARTS) is 1.